The molecule has 2 rings (SSSR count). The van der Waals surface area contributed by atoms with Crippen molar-refractivity contribution in [3.05, 3.63) is 35.0 Å². The van der Waals surface area contributed by atoms with Gasteiger partial charge in [-0.3, -0.25) is 0 Å². The zero-order valence-corrected chi connectivity index (χ0v) is 13.3. The van der Waals surface area contributed by atoms with Crippen molar-refractivity contribution in [1.29, 1.82) is 0 Å². The topological polar surface area (TPSA) is 25.2 Å². The van der Waals surface area contributed by atoms with Crippen LogP contribution >= 0.6 is 11.6 Å². The molecule has 0 bridgehead atoms. The predicted molar refractivity (Wildman–Crippen MR) is 86.3 cm³/mol. The summed E-state index contributed by atoms with van der Waals surface area (Å²) in [6.07, 6.45) is 3.41. The highest BCUT2D eigenvalue weighted by atomic mass is 35.5. The van der Waals surface area contributed by atoms with Crippen LogP contribution in [0.2, 0.25) is 5.02 Å². The lowest BCUT2D eigenvalue weighted by Crippen LogP contribution is -2.28. The summed E-state index contributed by atoms with van der Waals surface area (Å²) in [5, 5.41) is 5.40. The molecule has 1 N–H and O–H groups in total. The van der Waals surface area contributed by atoms with E-state index >= 15 is 0 Å². The van der Waals surface area contributed by atoms with E-state index in [1.54, 1.807) is 0 Å². The van der Waals surface area contributed by atoms with Crippen molar-refractivity contribution in [3.8, 4) is 0 Å². The molecule has 0 saturated heterocycles. The lowest BCUT2D eigenvalue weighted by atomic mass is 9.92. The van der Waals surface area contributed by atoms with Gasteiger partial charge in [0.2, 0.25) is 0 Å². The molecule has 3 heteroatoms. The SMILES string of the molecule is CCCNC(c1cc2cccc(Cl)c2o1)C(CC)CC. The first-order chi connectivity index (χ1) is 9.71. The van der Waals surface area contributed by atoms with E-state index in [2.05, 4.69) is 38.2 Å². The van der Waals surface area contributed by atoms with Crippen LogP contribution in [0, 0.1) is 5.92 Å². The Bertz CT molecular complexity index is 545. The highest BCUT2D eigenvalue weighted by Gasteiger charge is 2.23. The van der Waals surface area contributed by atoms with E-state index < -0.39 is 0 Å². The summed E-state index contributed by atoms with van der Waals surface area (Å²) in [6, 6.07) is 8.30. The third kappa shape index (κ3) is 3.18. The van der Waals surface area contributed by atoms with Crippen molar-refractivity contribution in [1.82, 2.24) is 5.32 Å². The number of para-hydroxylation sites is 1. The van der Waals surface area contributed by atoms with Gasteiger partial charge in [0.15, 0.2) is 5.58 Å². The van der Waals surface area contributed by atoms with Crippen LogP contribution in [0.25, 0.3) is 11.0 Å². The molecule has 110 valence electrons. The van der Waals surface area contributed by atoms with Crippen LogP contribution in [-0.4, -0.2) is 6.54 Å². The standard InChI is InChI=1S/C17H24ClNO/c1-4-10-19-16(12(5-2)6-3)15-11-13-8-7-9-14(18)17(13)20-15/h7-9,11-12,16,19H,4-6,10H2,1-3H3. The monoisotopic (exact) mass is 293 g/mol. The Balaban J connectivity index is 2.36. The number of halogens is 1. The molecule has 0 aliphatic carbocycles. The molecule has 1 unspecified atom stereocenters. The van der Waals surface area contributed by atoms with Gasteiger partial charge in [0, 0.05) is 5.39 Å². The van der Waals surface area contributed by atoms with Gasteiger partial charge in [0.25, 0.3) is 0 Å². The van der Waals surface area contributed by atoms with E-state index in [9.17, 15) is 0 Å². The van der Waals surface area contributed by atoms with E-state index in [1.807, 2.05) is 12.1 Å². The fourth-order valence-corrected chi connectivity index (χ4v) is 2.98. The summed E-state index contributed by atoms with van der Waals surface area (Å²) in [5.74, 6) is 1.59. The Hall–Kier alpha value is -0.990. The fourth-order valence-electron chi connectivity index (χ4n) is 2.76. The maximum Gasteiger partial charge on any atom is 0.152 e. The van der Waals surface area contributed by atoms with E-state index in [-0.39, 0.29) is 6.04 Å². The van der Waals surface area contributed by atoms with Crippen LogP contribution in [0.1, 0.15) is 51.8 Å². The van der Waals surface area contributed by atoms with Crippen LogP contribution in [0.3, 0.4) is 0 Å². The van der Waals surface area contributed by atoms with Crippen molar-refractivity contribution >= 4 is 22.6 Å². The number of furan rings is 1. The van der Waals surface area contributed by atoms with Gasteiger partial charge in [-0.1, -0.05) is 57.3 Å². The summed E-state index contributed by atoms with van der Waals surface area (Å²) < 4.78 is 6.05. The smallest absolute Gasteiger partial charge is 0.152 e. The molecule has 0 aliphatic rings. The first kappa shape index (κ1) is 15.4. The van der Waals surface area contributed by atoms with Crippen LogP contribution in [0.15, 0.2) is 28.7 Å². The molecule has 0 fully saturated rings. The molecule has 0 saturated carbocycles. The lowest BCUT2D eigenvalue weighted by Gasteiger charge is -2.24. The van der Waals surface area contributed by atoms with Crippen molar-refractivity contribution < 1.29 is 4.42 Å². The Labute approximate surface area is 126 Å². The largest absolute Gasteiger partial charge is 0.458 e. The molecule has 0 spiro atoms. The number of hydrogen-bond donors (Lipinski definition) is 1. The quantitative estimate of drug-likeness (QED) is 0.722. The van der Waals surface area contributed by atoms with Gasteiger partial charge in [-0.2, -0.15) is 0 Å². The molecule has 0 aliphatic heterocycles. The van der Waals surface area contributed by atoms with Gasteiger partial charge in [0.05, 0.1) is 11.1 Å². The van der Waals surface area contributed by atoms with Crippen molar-refractivity contribution in [2.75, 3.05) is 6.54 Å². The normalized spacial score (nSPS) is 13.2. The average molecular weight is 294 g/mol. The summed E-state index contributed by atoms with van der Waals surface area (Å²) in [7, 11) is 0. The highest BCUT2D eigenvalue weighted by Crippen LogP contribution is 2.34. The third-order valence-electron chi connectivity index (χ3n) is 3.96. The van der Waals surface area contributed by atoms with E-state index in [4.69, 9.17) is 16.0 Å². The van der Waals surface area contributed by atoms with Gasteiger partial charge in [0.1, 0.15) is 5.76 Å². The molecule has 1 atom stereocenters. The van der Waals surface area contributed by atoms with Gasteiger partial charge < -0.3 is 9.73 Å². The zero-order chi connectivity index (χ0) is 14.5. The first-order valence-electron chi connectivity index (χ1n) is 7.62. The van der Waals surface area contributed by atoms with Crippen molar-refractivity contribution in [2.24, 2.45) is 5.92 Å². The number of hydrogen-bond acceptors (Lipinski definition) is 2. The fraction of sp³-hybridized carbons (Fsp3) is 0.529. The summed E-state index contributed by atoms with van der Waals surface area (Å²) >= 11 is 6.21. The average Bonchev–Trinajstić information content (AvgIpc) is 2.88. The second-order valence-corrected chi connectivity index (χ2v) is 5.72. The molecule has 1 aromatic heterocycles. The third-order valence-corrected chi connectivity index (χ3v) is 4.25. The maximum atomic E-state index is 6.21. The van der Waals surface area contributed by atoms with Crippen LogP contribution in [0.5, 0.6) is 0 Å². The minimum absolute atomic E-state index is 0.272. The van der Waals surface area contributed by atoms with Gasteiger partial charge in [-0.15, -0.1) is 0 Å². The molecule has 20 heavy (non-hydrogen) atoms. The summed E-state index contributed by atoms with van der Waals surface area (Å²) in [6.45, 7) is 7.67. The van der Waals surface area contributed by atoms with Crippen LogP contribution in [0.4, 0.5) is 0 Å². The van der Waals surface area contributed by atoms with Crippen LogP contribution in [-0.2, 0) is 0 Å². The molecule has 0 radical (unpaired) electrons. The van der Waals surface area contributed by atoms with E-state index in [1.165, 1.54) is 0 Å². The van der Waals surface area contributed by atoms with Crippen molar-refractivity contribution in [2.45, 2.75) is 46.1 Å². The van der Waals surface area contributed by atoms with Gasteiger partial charge in [-0.25, -0.2) is 0 Å². The lowest BCUT2D eigenvalue weighted by molar-refractivity contribution is 0.300. The molecular weight excluding hydrogens is 270 g/mol. The Morgan fingerprint density at radius 3 is 2.55 bits per heavy atom. The first-order valence-corrected chi connectivity index (χ1v) is 8.00. The van der Waals surface area contributed by atoms with Crippen LogP contribution < -0.4 is 5.32 Å². The molecule has 2 aromatic rings. The highest BCUT2D eigenvalue weighted by molar-refractivity contribution is 6.34. The second-order valence-electron chi connectivity index (χ2n) is 5.32. The molecular formula is C17H24ClNO. The maximum absolute atomic E-state index is 6.21. The van der Waals surface area contributed by atoms with E-state index in [0.29, 0.717) is 10.9 Å². The molecule has 1 aromatic carbocycles. The summed E-state index contributed by atoms with van der Waals surface area (Å²) in [4.78, 5) is 0. The number of benzene rings is 1. The Morgan fingerprint density at radius 1 is 1.20 bits per heavy atom. The molecule has 2 nitrogen and oxygen atoms in total. The molecule has 1 heterocycles. The minimum atomic E-state index is 0.272. The number of rotatable bonds is 7. The van der Waals surface area contributed by atoms with Gasteiger partial charge in [-0.05, 0) is 31.0 Å². The predicted octanol–water partition coefficient (Wildman–Crippen LogP) is 5.56. The minimum Gasteiger partial charge on any atom is -0.458 e. The Kier molecular flexibility index (Phi) is 5.50. The van der Waals surface area contributed by atoms with Gasteiger partial charge >= 0.3 is 0 Å². The zero-order valence-electron chi connectivity index (χ0n) is 12.6. The summed E-state index contributed by atoms with van der Waals surface area (Å²) in [5.41, 5.74) is 0.804. The van der Waals surface area contributed by atoms with E-state index in [0.717, 1.165) is 42.5 Å². The second kappa shape index (κ2) is 7.14. The molecule has 0 amide bonds. The number of fused-ring (bicyclic) bond motifs is 1. The Morgan fingerprint density at radius 2 is 1.95 bits per heavy atom. The van der Waals surface area contributed by atoms with Crippen molar-refractivity contribution in [3.63, 3.8) is 0 Å². The number of nitrogens with one attached hydrogen (secondary N) is 1.